The molecule has 4 N–H and O–H groups in total. The van der Waals surface area contributed by atoms with E-state index in [1.165, 1.54) is 0 Å². The number of nitrogen functional groups attached to an aromatic ring is 1. The van der Waals surface area contributed by atoms with Crippen molar-refractivity contribution in [3.63, 3.8) is 0 Å². The molecule has 0 radical (unpaired) electrons. The Hall–Kier alpha value is -4.09. The summed E-state index contributed by atoms with van der Waals surface area (Å²) in [5.41, 5.74) is 1.42. The van der Waals surface area contributed by atoms with Gasteiger partial charge in [-0.05, 0) is 24.6 Å². The average molecular weight is 612 g/mol. The van der Waals surface area contributed by atoms with Crippen molar-refractivity contribution in [1.82, 2.24) is 24.8 Å². The standard InChI is InChI=1S/C24H21F9N6O3/c25-6-12-11(21(41)37-16-8-38(7-15(16)27)22(42)18(40)1-2-23(28,29)30)3-10(4-14(12)26)17-5-13(24(31,32)33)19-20(34)35-9-36-39(17)19/h3-5,9,15-16,18,40H,1-2,6-8H2,(H,37,41)(H2,34,35,36)/t15-,16+,18?/m0/s1. The van der Waals surface area contributed by atoms with Crippen LogP contribution < -0.4 is 11.1 Å². The fourth-order valence-corrected chi connectivity index (χ4v) is 4.57. The third-order valence-corrected chi connectivity index (χ3v) is 6.62. The van der Waals surface area contributed by atoms with Crippen LogP contribution in [-0.4, -0.2) is 74.0 Å². The van der Waals surface area contributed by atoms with E-state index in [1.807, 2.05) is 0 Å². The molecule has 42 heavy (non-hydrogen) atoms. The van der Waals surface area contributed by atoms with Crippen LogP contribution in [0.25, 0.3) is 16.8 Å². The minimum absolute atomic E-state index is 0.355. The van der Waals surface area contributed by atoms with Gasteiger partial charge in [0.25, 0.3) is 11.8 Å². The number of rotatable bonds is 7. The van der Waals surface area contributed by atoms with Crippen molar-refractivity contribution in [2.24, 2.45) is 0 Å². The summed E-state index contributed by atoms with van der Waals surface area (Å²) in [7, 11) is 0. The Morgan fingerprint density at radius 1 is 1.14 bits per heavy atom. The van der Waals surface area contributed by atoms with Crippen LogP contribution in [0.4, 0.5) is 45.3 Å². The fourth-order valence-electron chi connectivity index (χ4n) is 4.57. The number of amides is 2. The van der Waals surface area contributed by atoms with Gasteiger partial charge in [-0.1, -0.05) is 0 Å². The number of benzene rings is 1. The zero-order valence-electron chi connectivity index (χ0n) is 21.1. The summed E-state index contributed by atoms with van der Waals surface area (Å²) >= 11 is 0. The number of fused-ring (bicyclic) bond motifs is 1. The number of aliphatic hydroxyl groups excluding tert-OH is 1. The van der Waals surface area contributed by atoms with Crippen molar-refractivity contribution < 1.29 is 54.2 Å². The fraction of sp³-hybridized carbons (Fsp3) is 0.417. The summed E-state index contributed by atoms with van der Waals surface area (Å²) in [6.45, 7) is -2.82. The third kappa shape index (κ3) is 6.22. The number of nitrogens with two attached hydrogens (primary N) is 1. The maximum Gasteiger partial charge on any atom is 0.418 e. The Morgan fingerprint density at radius 2 is 1.83 bits per heavy atom. The van der Waals surface area contributed by atoms with Gasteiger partial charge in [0.05, 0.1) is 23.8 Å². The molecule has 1 saturated heterocycles. The predicted molar refractivity (Wildman–Crippen MR) is 127 cm³/mol. The quantitative estimate of drug-likeness (QED) is 0.351. The van der Waals surface area contributed by atoms with Crippen molar-refractivity contribution in [2.45, 2.75) is 50.2 Å². The van der Waals surface area contributed by atoms with E-state index in [0.29, 0.717) is 21.5 Å². The van der Waals surface area contributed by atoms with Crippen molar-refractivity contribution in [1.29, 1.82) is 0 Å². The van der Waals surface area contributed by atoms with Gasteiger partial charge in [-0.15, -0.1) is 0 Å². The molecular formula is C24H21F9N6O3. The lowest BCUT2D eigenvalue weighted by molar-refractivity contribution is -0.150. The Balaban J connectivity index is 1.62. The Morgan fingerprint density at radius 3 is 2.45 bits per heavy atom. The number of carbonyl (C=O) groups is 2. The van der Waals surface area contributed by atoms with Crippen molar-refractivity contribution in [3.8, 4) is 11.3 Å². The molecule has 1 aromatic carbocycles. The molecule has 2 amide bonds. The molecule has 0 saturated carbocycles. The van der Waals surface area contributed by atoms with E-state index in [9.17, 15) is 54.2 Å². The molecule has 3 atom stereocenters. The highest BCUT2D eigenvalue weighted by atomic mass is 19.4. The number of alkyl halides is 8. The molecule has 1 unspecified atom stereocenters. The SMILES string of the molecule is Nc1ncnn2c(-c3cc(F)c(CF)c(C(=O)N[C@@H]4CN(C(=O)C(O)CCC(F)(F)F)C[C@@H]4F)c3)cc(C(F)(F)F)c12. The Bertz CT molecular complexity index is 1510. The second-order valence-electron chi connectivity index (χ2n) is 9.47. The number of nitrogens with one attached hydrogen (secondary N) is 1. The van der Waals surface area contributed by atoms with E-state index in [1.54, 1.807) is 0 Å². The lowest BCUT2D eigenvalue weighted by Gasteiger charge is -2.20. The van der Waals surface area contributed by atoms with Gasteiger partial charge in [-0.3, -0.25) is 9.59 Å². The first-order valence-corrected chi connectivity index (χ1v) is 12.1. The molecule has 0 bridgehead atoms. The molecular weight excluding hydrogens is 591 g/mol. The molecule has 1 aliphatic rings. The highest BCUT2D eigenvalue weighted by Gasteiger charge is 2.40. The topological polar surface area (TPSA) is 126 Å². The van der Waals surface area contributed by atoms with Crippen LogP contribution in [0.5, 0.6) is 0 Å². The molecule has 3 aromatic rings. The molecule has 4 rings (SSSR count). The molecule has 3 heterocycles. The van der Waals surface area contributed by atoms with Gasteiger partial charge in [0, 0.05) is 29.7 Å². The zero-order chi connectivity index (χ0) is 31.1. The first-order valence-electron chi connectivity index (χ1n) is 12.1. The lowest BCUT2D eigenvalue weighted by Crippen LogP contribution is -2.43. The summed E-state index contributed by atoms with van der Waals surface area (Å²) in [5.74, 6) is -4.34. The number of carbonyl (C=O) groups excluding carboxylic acids is 2. The number of likely N-dealkylation sites (tertiary alicyclic amines) is 1. The first-order chi connectivity index (χ1) is 19.5. The maximum atomic E-state index is 14.9. The number of aliphatic hydroxyl groups is 1. The molecule has 2 aromatic heterocycles. The summed E-state index contributed by atoms with van der Waals surface area (Å²) in [5, 5.41) is 15.6. The minimum Gasteiger partial charge on any atom is -0.383 e. The number of nitrogens with zero attached hydrogens (tertiary/aromatic N) is 4. The number of aromatic nitrogens is 3. The minimum atomic E-state index is -4.94. The molecule has 0 spiro atoms. The van der Waals surface area contributed by atoms with Gasteiger partial charge in [-0.25, -0.2) is 22.7 Å². The molecule has 1 aliphatic heterocycles. The van der Waals surface area contributed by atoms with Crippen molar-refractivity contribution in [3.05, 3.63) is 47.0 Å². The first kappa shape index (κ1) is 30.9. The number of hydrogen-bond donors (Lipinski definition) is 3. The van der Waals surface area contributed by atoms with Gasteiger partial charge in [0.15, 0.2) is 5.82 Å². The summed E-state index contributed by atoms with van der Waals surface area (Å²) in [6.07, 6.45) is -15.3. The molecule has 0 aliphatic carbocycles. The smallest absolute Gasteiger partial charge is 0.383 e. The normalized spacial score (nSPS) is 18.5. The summed E-state index contributed by atoms with van der Waals surface area (Å²) < 4.78 is 122. The highest BCUT2D eigenvalue weighted by Crippen LogP contribution is 2.39. The van der Waals surface area contributed by atoms with Crippen LogP contribution in [0.2, 0.25) is 0 Å². The number of halogens is 9. The molecule has 1 fully saturated rings. The van der Waals surface area contributed by atoms with E-state index >= 15 is 0 Å². The average Bonchev–Trinajstić information content (AvgIpc) is 3.47. The second kappa shape index (κ2) is 11.3. The van der Waals surface area contributed by atoms with E-state index < -0.39 is 115 Å². The van der Waals surface area contributed by atoms with Crippen LogP contribution in [-0.2, 0) is 17.6 Å². The van der Waals surface area contributed by atoms with Gasteiger partial charge >= 0.3 is 12.4 Å². The van der Waals surface area contributed by atoms with Gasteiger partial charge in [0.2, 0.25) is 0 Å². The van der Waals surface area contributed by atoms with Crippen LogP contribution >= 0.6 is 0 Å². The van der Waals surface area contributed by atoms with E-state index in [0.717, 1.165) is 12.4 Å². The number of hydrogen-bond acceptors (Lipinski definition) is 6. The molecule has 9 nitrogen and oxygen atoms in total. The van der Waals surface area contributed by atoms with Gasteiger partial charge in [-0.2, -0.15) is 31.4 Å². The largest absolute Gasteiger partial charge is 0.418 e. The summed E-state index contributed by atoms with van der Waals surface area (Å²) in [4.78, 5) is 29.5. The van der Waals surface area contributed by atoms with E-state index in [-0.39, 0.29) is 5.56 Å². The van der Waals surface area contributed by atoms with Crippen LogP contribution in [0.1, 0.15) is 34.3 Å². The maximum absolute atomic E-state index is 14.9. The highest BCUT2D eigenvalue weighted by molar-refractivity contribution is 5.97. The lowest BCUT2D eigenvalue weighted by atomic mass is 10.0. The Labute approximate surface area is 230 Å². The third-order valence-electron chi connectivity index (χ3n) is 6.62. The van der Waals surface area contributed by atoms with Crippen LogP contribution in [0.3, 0.4) is 0 Å². The summed E-state index contributed by atoms with van der Waals surface area (Å²) in [6, 6.07) is 0.615. The van der Waals surface area contributed by atoms with Gasteiger partial charge < -0.3 is 21.1 Å². The van der Waals surface area contributed by atoms with Gasteiger partial charge in [0.1, 0.15) is 36.6 Å². The van der Waals surface area contributed by atoms with Crippen molar-refractivity contribution >= 4 is 23.1 Å². The Kier molecular flexibility index (Phi) is 8.30. The molecule has 18 heteroatoms. The van der Waals surface area contributed by atoms with Crippen molar-refractivity contribution in [2.75, 3.05) is 18.8 Å². The number of anilines is 1. The zero-order valence-corrected chi connectivity index (χ0v) is 21.1. The second-order valence-corrected chi connectivity index (χ2v) is 9.47. The van der Waals surface area contributed by atoms with Crippen LogP contribution in [0, 0.1) is 5.82 Å². The van der Waals surface area contributed by atoms with E-state index in [4.69, 9.17) is 5.73 Å². The van der Waals surface area contributed by atoms with E-state index in [2.05, 4.69) is 15.4 Å². The van der Waals surface area contributed by atoms with Crippen LogP contribution in [0.15, 0.2) is 24.5 Å². The monoisotopic (exact) mass is 612 g/mol. The molecule has 228 valence electrons. The predicted octanol–water partition coefficient (Wildman–Crippen LogP) is 3.59.